The number of nitrogens with one attached hydrogen (secondary N) is 1. The van der Waals surface area contributed by atoms with E-state index in [0.717, 1.165) is 19.3 Å². The molecule has 1 saturated heterocycles. The molecule has 3 rings (SSSR count). The van der Waals surface area contributed by atoms with Gasteiger partial charge < -0.3 is 10.1 Å². The lowest BCUT2D eigenvalue weighted by molar-refractivity contribution is 0.0602. The molecule has 0 radical (unpaired) electrons. The molecule has 7 nitrogen and oxygen atoms in total. The van der Waals surface area contributed by atoms with Gasteiger partial charge in [-0.05, 0) is 49.4 Å². The average Bonchev–Trinajstić information content (AvgIpc) is 3.15. The Morgan fingerprint density at radius 1 is 1.25 bits per heavy atom. The Hall–Kier alpha value is -2.23. The Balaban J connectivity index is 1.84. The first-order valence-electron chi connectivity index (χ1n) is 8.93. The molecular weight excluding hydrogens is 400 g/mol. The summed E-state index contributed by atoms with van der Waals surface area (Å²) < 4.78 is 32.2. The predicted octanol–water partition coefficient (Wildman–Crippen LogP) is 3.35. The maximum Gasteiger partial charge on any atom is 0.340 e. The zero-order chi connectivity index (χ0) is 20.3. The standard InChI is InChI=1S/C19H22N2O5S2/c1-13-6-3-4-10-21(13)28(24,25)15-8-5-7-14(12-15)17(22)20-18-16(9-11-27-18)19(23)26-2/h5,7-9,11-13H,3-4,6,10H2,1-2H3,(H,20,22). The molecule has 0 saturated carbocycles. The molecule has 1 fully saturated rings. The highest BCUT2D eigenvalue weighted by molar-refractivity contribution is 7.89. The number of carbonyl (C=O) groups is 2. The first-order chi connectivity index (χ1) is 13.3. The zero-order valence-electron chi connectivity index (χ0n) is 15.7. The van der Waals surface area contributed by atoms with Gasteiger partial charge in [0.25, 0.3) is 5.91 Å². The summed E-state index contributed by atoms with van der Waals surface area (Å²) in [5.74, 6) is -1.04. The summed E-state index contributed by atoms with van der Waals surface area (Å²) in [4.78, 5) is 24.5. The van der Waals surface area contributed by atoms with Crippen molar-refractivity contribution in [2.24, 2.45) is 0 Å². The number of esters is 1. The number of carbonyl (C=O) groups excluding carboxylic acids is 2. The molecule has 0 aliphatic carbocycles. The lowest BCUT2D eigenvalue weighted by Crippen LogP contribution is -2.41. The third-order valence-corrected chi connectivity index (χ3v) is 7.58. The first-order valence-corrected chi connectivity index (χ1v) is 11.3. The number of methoxy groups -OCH3 is 1. The second-order valence-electron chi connectivity index (χ2n) is 6.60. The van der Waals surface area contributed by atoms with E-state index in [9.17, 15) is 18.0 Å². The largest absolute Gasteiger partial charge is 0.465 e. The van der Waals surface area contributed by atoms with Gasteiger partial charge in [-0.1, -0.05) is 12.5 Å². The Labute approximate surface area is 168 Å². The molecule has 1 N–H and O–H groups in total. The van der Waals surface area contributed by atoms with Crippen molar-refractivity contribution in [3.8, 4) is 0 Å². The molecule has 1 aliphatic heterocycles. The van der Waals surface area contributed by atoms with E-state index in [0.29, 0.717) is 11.5 Å². The fourth-order valence-corrected chi connectivity index (χ4v) is 5.73. The molecule has 1 aliphatic rings. The molecule has 2 aromatic rings. The fourth-order valence-electron chi connectivity index (χ4n) is 3.21. The number of piperidine rings is 1. The minimum atomic E-state index is -3.67. The van der Waals surface area contributed by atoms with Crippen LogP contribution in [0.25, 0.3) is 0 Å². The van der Waals surface area contributed by atoms with Crippen LogP contribution in [0.2, 0.25) is 0 Å². The van der Waals surface area contributed by atoms with Gasteiger partial charge in [0.2, 0.25) is 10.0 Å². The van der Waals surface area contributed by atoms with Crippen LogP contribution < -0.4 is 5.32 Å². The van der Waals surface area contributed by atoms with E-state index in [4.69, 9.17) is 4.74 Å². The van der Waals surface area contributed by atoms with Gasteiger partial charge in [-0.15, -0.1) is 11.3 Å². The number of amides is 1. The summed E-state index contributed by atoms with van der Waals surface area (Å²) in [7, 11) is -2.41. The number of rotatable bonds is 5. The van der Waals surface area contributed by atoms with Gasteiger partial charge in [0.05, 0.1) is 17.6 Å². The van der Waals surface area contributed by atoms with E-state index in [1.165, 1.54) is 34.9 Å². The van der Waals surface area contributed by atoms with Gasteiger partial charge in [0.15, 0.2) is 0 Å². The number of hydrogen-bond acceptors (Lipinski definition) is 6. The van der Waals surface area contributed by atoms with Crippen molar-refractivity contribution in [1.82, 2.24) is 4.31 Å². The van der Waals surface area contributed by atoms with Gasteiger partial charge >= 0.3 is 5.97 Å². The molecule has 1 atom stereocenters. The highest BCUT2D eigenvalue weighted by atomic mass is 32.2. The molecule has 1 unspecified atom stereocenters. The van der Waals surface area contributed by atoms with Crippen LogP contribution in [0.3, 0.4) is 0 Å². The zero-order valence-corrected chi connectivity index (χ0v) is 17.3. The fraction of sp³-hybridized carbons (Fsp3) is 0.368. The van der Waals surface area contributed by atoms with E-state index < -0.39 is 21.9 Å². The molecule has 1 aromatic carbocycles. The summed E-state index contributed by atoms with van der Waals surface area (Å²) in [5.41, 5.74) is 0.460. The number of ether oxygens (including phenoxy) is 1. The highest BCUT2D eigenvalue weighted by Crippen LogP contribution is 2.27. The van der Waals surface area contributed by atoms with E-state index in [1.54, 1.807) is 23.6 Å². The molecule has 150 valence electrons. The van der Waals surface area contributed by atoms with Gasteiger partial charge in [0.1, 0.15) is 5.00 Å². The van der Waals surface area contributed by atoms with Crippen LogP contribution in [0.1, 0.15) is 46.9 Å². The van der Waals surface area contributed by atoms with Crippen molar-refractivity contribution in [3.63, 3.8) is 0 Å². The van der Waals surface area contributed by atoms with Crippen molar-refractivity contribution in [2.45, 2.75) is 37.1 Å². The molecule has 9 heteroatoms. The maximum atomic E-state index is 13.0. The molecular formula is C19H22N2O5S2. The van der Waals surface area contributed by atoms with Gasteiger partial charge in [0, 0.05) is 18.2 Å². The summed E-state index contributed by atoms with van der Waals surface area (Å²) in [5, 5.41) is 4.68. The van der Waals surface area contributed by atoms with Crippen LogP contribution >= 0.6 is 11.3 Å². The van der Waals surface area contributed by atoms with Crippen LogP contribution in [-0.4, -0.2) is 44.3 Å². The van der Waals surface area contributed by atoms with Crippen molar-refractivity contribution in [1.29, 1.82) is 0 Å². The third kappa shape index (κ3) is 4.11. The van der Waals surface area contributed by atoms with Crippen LogP contribution in [0.4, 0.5) is 5.00 Å². The van der Waals surface area contributed by atoms with E-state index in [-0.39, 0.29) is 22.1 Å². The van der Waals surface area contributed by atoms with Crippen LogP contribution in [0.15, 0.2) is 40.6 Å². The van der Waals surface area contributed by atoms with Gasteiger partial charge in [-0.25, -0.2) is 13.2 Å². The van der Waals surface area contributed by atoms with E-state index >= 15 is 0 Å². The first kappa shape index (κ1) is 20.5. The number of sulfonamides is 1. The molecule has 1 amide bonds. The summed E-state index contributed by atoms with van der Waals surface area (Å²) in [6, 6.07) is 7.46. The van der Waals surface area contributed by atoms with E-state index in [2.05, 4.69) is 5.32 Å². The summed E-state index contributed by atoms with van der Waals surface area (Å²) in [6.07, 6.45) is 2.67. The topological polar surface area (TPSA) is 92.8 Å². The summed E-state index contributed by atoms with van der Waals surface area (Å²) >= 11 is 1.19. The molecule has 2 heterocycles. The number of hydrogen-bond donors (Lipinski definition) is 1. The smallest absolute Gasteiger partial charge is 0.340 e. The Kier molecular flexibility index (Phi) is 6.17. The van der Waals surface area contributed by atoms with Crippen LogP contribution in [0, 0.1) is 0 Å². The van der Waals surface area contributed by atoms with E-state index in [1.807, 2.05) is 6.92 Å². The van der Waals surface area contributed by atoms with Crippen molar-refractivity contribution in [2.75, 3.05) is 19.0 Å². The van der Waals surface area contributed by atoms with Gasteiger partial charge in [-0.3, -0.25) is 4.79 Å². The molecule has 0 bridgehead atoms. The Bertz CT molecular complexity index is 984. The SMILES string of the molecule is COC(=O)c1ccsc1NC(=O)c1cccc(S(=O)(=O)N2CCCCC2C)c1. The normalized spacial score (nSPS) is 17.9. The number of thiophene rings is 1. The predicted molar refractivity (Wildman–Crippen MR) is 107 cm³/mol. The van der Waals surface area contributed by atoms with Crippen LogP contribution in [0.5, 0.6) is 0 Å². The Morgan fingerprint density at radius 3 is 2.75 bits per heavy atom. The van der Waals surface area contributed by atoms with Gasteiger partial charge in [-0.2, -0.15) is 4.31 Å². The highest BCUT2D eigenvalue weighted by Gasteiger charge is 2.31. The van der Waals surface area contributed by atoms with Crippen molar-refractivity contribution >= 4 is 38.2 Å². The Morgan fingerprint density at radius 2 is 2.04 bits per heavy atom. The monoisotopic (exact) mass is 422 g/mol. The molecule has 0 spiro atoms. The summed E-state index contributed by atoms with van der Waals surface area (Å²) in [6.45, 7) is 2.38. The molecule has 28 heavy (non-hydrogen) atoms. The number of anilines is 1. The second kappa shape index (κ2) is 8.42. The maximum absolute atomic E-state index is 13.0. The second-order valence-corrected chi connectivity index (χ2v) is 9.40. The quantitative estimate of drug-likeness (QED) is 0.746. The van der Waals surface area contributed by atoms with Crippen molar-refractivity contribution in [3.05, 3.63) is 46.8 Å². The number of nitrogens with zero attached hydrogens (tertiary/aromatic N) is 1. The van der Waals surface area contributed by atoms with Crippen LogP contribution in [-0.2, 0) is 14.8 Å². The number of benzene rings is 1. The minimum Gasteiger partial charge on any atom is -0.465 e. The molecule has 1 aromatic heterocycles. The van der Waals surface area contributed by atoms with Crippen molar-refractivity contribution < 1.29 is 22.7 Å². The average molecular weight is 423 g/mol. The third-order valence-electron chi connectivity index (χ3n) is 4.74. The minimum absolute atomic E-state index is 0.0648. The lowest BCUT2D eigenvalue weighted by Gasteiger charge is -2.32. The lowest BCUT2D eigenvalue weighted by atomic mass is 10.1.